The van der Waals surface area contributed by atoms with Crippen molar-refractivity contribution >= 4 is 5.97 Å². The number of carbonyl (C=O) groups is 1. The Morgan fingerprint density at radius 2 is 1.61 bits per heavy atom. The van der Waals surface area contributed by atoms with Crippen molar-refractivity contribution in [1.29, 1.82) is 0 Å². The molecule has 5 aliphatic rings. The maximum absolute atomic E-state index is 12.7. The number of aliphatic carboxylic acids is 1. The number of allylic oxidation sites excluding steroid dienone is 2. The number of fused-ring (bicyclic) bond motifs is 7. The van der Waals surface area contributed by atoms with Gasteiger partial charge in [-0.1, -0.05) is 53.2 Å². The number of hydrogen-bond acceptors (Lipinski definition) is 3. The van der Waals surface area contributed by atoms with Crippen molar-refractivity contribution in [2.24, 2.45) is 57.2 Å². The molecule has 4 nitrogen and oxygen atoms in total. The van der Waals surface area contributed by atoms with Crippen LogP contribution in [0.15, 0.2) is 11.6 Å². The van der Waals surface area contributed by atoms with Crippen molar-refractivity contribution in [2.75, 3.05) is 0 Å². The van der Waals surface area contributed by atoms with Crippen molar-refractivity contribution in [3.63, 3.8) is 0 Å². The molecule has 0 heterocycles. The van der Waals surface area contributed by atoms with Crippen LogP contribution < -0.4 is 0 Å². The molecule has 0 aromatic carbocycles. The first-order valence-corrected chi connectivity index (χ1v) is 13.6. The van der Waals surface area contributed by atoms with Crippen LogP contribution in [0.2, 0.25) is 0 Å². The Labute approximate surface area is 200 Å². The van der Waals surface area contributed by atoms with Crippen molar-refractivity contribution < 1.29 is 20.1 Å². The molecule has 0 aliphatic heterocycles. The van der Waals surface area contributed by atoms with Crippen LogP contribution >= 0.6 is 0 Å². The first-order valence-electron chi connectivity index (χ1n) is 13.6. The van der Waals surface area contributed by atoms with E-state index in [1.54, 1.807) is 0 Å². The van der Waals surface area contributed by atoms with Gasteiger partial charge in [0.1, 0.15) is 0 Å². The average molecular weight is 459 g/mol. The molecule has 0 aromatic heterocycles. The average Bonchev–Trinajstić information content (AvgIpc) is 2.73. The van der Waals surface area contributed by atoms with Gasteiger partial charge in [0.2, 0.25) is 0 Å². The zero-order chi connectivity index (χ0) is 24.1. The van der Waals surface area contributed by atoms with Crippen molar-refractivity contribution in [1.82, 2.24) is 0 Å². The van der Waals surface area contributed by atoms with Crippen LogP contribution in [0.5, 0.6) is 0 Å². The van der Waals surface area contributed by atoms with Gasteiger partial charge in [0.15, 0.2) is 0 Å². The van der Waals surface area contributed by atoms with Crippen LogP contribution in [0, 0.1) is 57.2 Å². The zero-order valence-electron chi connectivity index (χ0n) is 21.6. The molecule has 186 valence electrons. The number of hydrogen-bond donors (Lipinski definition) is 3. The van der Waals surface area contributed by atoms with Crippen molar-refractivity contribution in [3.05, 3.63) is 11.6 Å². The third kappa shape index (κ3) is 2.92. The number of aliphatic hydroxyl groups excluding tert-OH is 2. The summed E-state index contributed by atoms with van der Waals surface area (Å²) in [4.78, 5) is 12.7. The molecular weight excluding hydrogens is 412 g/mol. The minimum absolute atomic E-state index is 0.00994. The molecule has 3 N–H and O–H groups in total. The SMILES string of the molecule is C[C@@H]1CC[C@]2(C(=O)O)CCC3C(=CCC4[C@@]3(C)CCC3C(C)(C)[C@@H](O)[C@H](O)C[C@@]34C)C2[C@H]1C. The van der Waals surface area contributed by atoms with E-state index in [4.69, 9.17) is 0 Å². The third-order valence-corrected chi connectivity index (χ3v) is 12.5. The summed E-state index contributed by atoms with van der Waals surface area (Å²) >= 11 is 0. The second-order valence-corrected chi connectivity index (χ2v) is 14.0. The van der Waals surface area contributed by atoms with E-state index in [1.807, 2.05) is 0 Å². The summed E-state index contributed by atoms with van der Waals surface area (Å²) in [6.07, 6.45) is 8.68. The Morgan fingerprint density at radius 1 is 0.939 bits per heavy atom. The first kappa shape index (κ1) is 23.9. The van der Waals surface area contributed by atoms with E-state index in [-0.39, 0.29) is 22.2 Å². The Morgan fingerprint density at radius 3 is 2.27 bits per heavy atom. The van der Waals surface area contributed by atoms with Gasteiger partial charge < -0.3 is 15.3 Å². The van der Waals surface area contributed by atoms with Gasteiger partial charge in [0, 0.05) is 0 Å². The first-order chi connectivity index (χ1) is 15.3. The van der Waals surface area contributed by atoms with Gasteiger partial charge >= 0.3 is 5.97 Å². The fraction of sp³-hybridized carbons (Fsp3) is 0.897. The van der Waals surface area contributed by atoms with Gasteiger partial charge in [-0.2, -0.15) is 0 Å². The minimum atomic E-state index is -0.667. The summed E-state index contributed by atoms with van der Waals surface area (Å²) in [6, 6.07) is 0. The maximum Gasteiger partial charge on any atom is 0.310 e. The molecule has 5 rings (SSSR count). The number of rotatable bonds is 1. The van der Waals surface area contributed by atoms with Crippen LogP contribution in [0.3, 0.4) is 0 Å². The minimum Gasteiger partial charge on any atom is -0.481 e. The molecule has 33 heavy (non-hydrogen) atoms. The molecule has 0 aromatic rings. The maximum atomic E-state index is 12.7. The highest BCUT2D eigenvalue weighted by atomic mass is 16.4. The van der Waals surface area contributed by atoms with E-state index in [9.17, 15) is 20.1 Å². The summed E-state index contributed by atoms with van der Waals surface area (Å²) in [5.41, 5.74) is 0.726. The van der Waals surface area contributed by atoms with Crippen molar-refractivity contribution in [2.45, 2.75) is 105 Å². The van der Waals surface area contributed by atoms with E-state index >= 15 is 0 Å². The third-order valence-electron chi connectivity index (χ3n) is 12.5. The molecule has 0 bridgehead atoms. The van der Waals surface area contributed by atoms with Gasteiger partial charge in [0.25, 0.3) is 0 Å². The molecule has 4 fully saturated rings. The number of aliphatic hydroxyl groups is 2. The summed E-state index contributed by atoms with van der Waals surface area (Å²) in [7, 11) is 0. The summed E-state index contributed by atoms with van der Waals surface area (Å²) in [6.45, 7) is 13.8. The smallest absolute Gasteiger partial charge is 0.310 e. The van der Waals surface area contributed by atoms with Crippen LogP contribution in [0.1, 0.15) is 92.9 Å². The van der Waals surface area contributed by atoms with Gasteiger partial charge in [-0.15, -0.1) is 0 Å². The fourth-order valence-electron chi connectivity index (χ4n) is 10.7. The Kier molecular flexibility index (Phi) is 5.29. The van der Waals surface area contributed by atoms with Crippen LogP contribution in [-0.2, 0) is 4.79 Å². The molecule has 4 unspecified atom stereocenters. The van der Waals surface area contributed by atoms with Crippen LogP contribution in [0.25, 0.3) is 0 Å². The van der Waals surface area contributed by atoms with E-state index < -0.39 is 23.6 Å². The quantitative estimate of drug-likeness (QED) is 0.442. The standard InChI is InChI=1S/C29H46O4/c1-16-9-13-29(25(32)33)14-10-19-18(23(29)17(16)2)7-8-22-27(19,5)12-11-21-26(3,4)24(31)20(30)15-28(21,22)6/h7,16-17,19-24,30-31H,8-15H2,1-6H3,(H,32,33)/t16-,17+,19?,20-,21?,22?,23?,24+,27+,28+,29+/m1/s1. The summed E-state index contributed by atoms with van der Waals surface area (Å²) in [5, 5.41) is 32.2. The number of carboxylic acid groups (broad SMARTS) is 1. The van der Waals surface area contributed by atoms with Crippen molar-refractivity contribution in [3.8, 4) is 0 Å². The lowest BCUT2D eigenvalue weighted by Crippen LogP contribution is -2.65. The highest BCUT2D eigenvalue weighted by Crippen LogP contribution is 2.72. The number of carboxylic acids is 1. The lowest BCUT2D eigenvalue weighted by atomic mass is 9.36. The summed E-state index contributed by atoms with van der Waals surface area (Å²) in [5.74, 6) is 1.87. The highest BCUT2D eigenvalue weighted by molar-refractivity contribution is 5.76. The second kappa shape index (κ2) is 7.32. The van der Waals surface area contributed by atoms with E-state index in [2.05, 4.69) is 47.6 Å². The van der Waals surface area contributed by atoms with Gasteiger partial charge in [-0.3, -0.25) is 4.79 Å². The predicted molar refractivity (Wildman–Crippen MR) is 129 cm³/mol. The molecule has 4 heteroatoms. The summed E-state index contributed by atoms with van der Waals surface area (Å²) < 4.78 is 0. The predicted octanol–water partition coefficient (Wildman–Crippen LogP) is 5.67. The molecule has 0 amide bonds. The van der Waals surface area contributed by atoms with E-state index in [0.717, 1.165) is 44.9 Å². The van der Waals surface area contributed by atoms with E-state index in [1.165, 1.54) is 5.57 Å². The second-order valence-electron chi connectivity index (χ2n) is 14.0. The van der Waals surface area contributed by atoms with E-state index in [0.29, 0.717) is 36.0 Å². The van der Waals surface area contributed by atoms with Crippen LogP contribution in [-0.4, -0.2) is 33.5 Å². The molecule has 0 saturated heterocycles. The Balaban J connectivity index is 1.57. The molecule has 4 saturated carbocycles. The zero-order valence-corrected chi connectivity index (χ0v) is 21.6. The topological polar surface area (TPSA) is 77.8 Å². The largest absolute Gasteiger partial charge is 0.481 e. The molecular formula is C29H46O4. The molecule has 11 atom stereocenters. The highest BCUT2D eigenvalue weighted by Gasteiger charge is 2.67. The lowest BCUT2D eigenvalue weighted by Gasteiger charge is -2.68. The Hall–Kier alpha value is -0.870. The molecule has 5 aliphatic carbocycles. The van der Waals surface area contributed by atoms with Gasteiger partial charge in [-0.05, 0) is 103 Å². The lowest BCUT2D eigenvalue weighted by molar-refractivity contribution is -0.221. The molecule has 0 spiro atoms. The Bertz CT molecular complexity index is 862. The van der Waals surface area contributed by atoms with Crippen LogP contribution in [0.4, 0.5) is 0 Å². The normalized spacial score (nSPS) is 55.3. The molecule has 0 radical (unpaired) electrons. The van der Waals surface area contributed by atoms with Gasteiger partial charge in [-0.25, -0.2) is 0 Å². The van der Waals surface area contributed by atoms with Gasteiger partial charge in [0.05, 0.1) is 17.6 Å². The fourth-order valence-corrected chi connectivity index (χ4v) is 10.7. The monoisotopic (exact) mass is 458 g/mol.